The molecule has 3 nitrogen and oxygen atoms in total. The third-order valence-corrected chi connectivity index (χ3v) is 4.78. The van der Waals surface area contributed by atoms with Crippen LogP contribution in [0.2, 0.25) is 0 Å². The average Bonchev–Trinajstić information content (AvgIpc) is 2.70. The van der Waals surface area contributed by atoms with Crippen LogP contribution in [-0.4, -0.2) is 35.2 Å². The minimum atomic E-state index is -0.435. The maximum Gasteiger partial charge on any atom is 0.326 e. The number of nitrogens with one attached hydrogen (secondary N) is 1. The van der Waals surface area contributed by atoms with Crippen molar-refractivity contribution in [1.82, 2.24) is 5.32 Å². The summed E-state index contributed by atoms with van der Waals surface area (Å²) in [6, 6.07) is 0.310. The van der Waals surface area contributed by atoms with Gasteiger partial charge < -0.3 is 4.74 Å². The summed E-state index contributed by atoms with van der Waals surface area (Å²) in [6.45, 7) is 8.72. The summed E-state index contributed by atoms with van der Waals surface area (Å²) in [7, 11) is 0. The molecule has 0 spiro atoms. The molecule has 18 heavy (non-hydrogen) atoms. The van der Waals surface area contributed by atoms with E-state index in [1.807, 2.05) is 18.7 Å². The Kier molecular flexibility index (Phi) is 6.50. The van der Waals surface area contributed by atoms with Crippen LogP contribution in [0.3, 0.4) is 0 Å². The van der Waals surface area contributed by atoms with Crippen LogP contribution in [0.15, 0.2) is 0 Å². The van der Waals surface area contributed by atoms with Crippen LogP contribution >= 0.6 is 11.8 Å². The van der Waals surface area contributed by atoms with Crippen molar-refractivity contribution < 1.29 is 9.53 Å². The van der Waals surface area contributed by atoms with Crippen LogP contribution in [0.5, 0.6) is 0 Å². The van der Waals surface area contributed by atoms with Gasteiger partial charge in [0, 0.05) is 11.3 Å². The molecule has 0 amide bonds. The smallest absolute Gasteiger partial charge is 0.326 e. The van der Waals surface area contributed by atoms with Crippen molar-refractivity contribution in [3.05, 3.63) is 0 Å². The number of esters is 1. The number of ether oxygens (including phenoxy) is 1. The zero-order chi connectivity index (χ0) is 13.6. The van der Waals surface area contributed by atoms with Crippen LogP contribution in [0.1, 0.15) is 53.4 Å². The summed E-state index contributed by atoms with van der Waals surface area (Å²) in [6.07, 6.45) is 4.13. The molecule has 0 radical (unpaired) electrons. The number of rotatable bonds is 7. The van der Waals surface area contributed by atoms with Gasteiger partial charge in [0.1, 0.15) is 5.54 Å². The Labute approximate surface area is 115 Å². The van der Waals surface area contributed by atoms with E-state index in [4.69, 9.17) is 4.74 Å². The first-order chi connectivity index (χ1) is 8.54. The van der Waals surface area contributed by atoms with E-state index in [0.717, 1.165) is 19.3 Å². The normalized spacial score (nSPS) is 27.7. The monoisotopic (exact) mass is 273 g/mol. The fraction of sp³-hybridized carbons (Fsp3) is 0.929. The Morgan fingerprint density at radius 3 is 2.78 bits per heavy atom. The minimum Gasteiger partial charge on any atom is -0.465 e. The molecule has 4 heteroatoms. The van der Waals surface area contributed by atoms with Crippen LogP contribution in [-0.2, 0) is 9.53 Å². The largest absolute Gasteiger partial charge is 0.465 e. The highest BCUT2D eigenvalue weighted by molar-refractivity contribution is 7.99. The molecule has 1 aliphatic carbocycles. The summed E-state index contributed by atoms with van der Waals surface area (Å²) in [5.41, 5.74) is -0.435. The fourth-order valence-corrected chi connectivity index (χ4v) is 3.88. The maximum absolute atomic E-state index is 12.2. The first kappa shape index (κ1) is 15.8. The van der Waals surface area contributed by atoms with Crippen molar-refractivity contribution in [2.24, 2.45) is 0 Å². The van der Waals surface area contributed by atoms with E-state index in [-0.39, 0.29) is 5.97 Å². The highest BCUT2D eigenvalue weighted by Crippen LogP contribution is 2.38. The van der Waals surface area contributed by atoms with Crippen molar-refractivity contribution in [2.75, 3.05) is 12.4 Å². The molecule has 1 aliphatic rings. The van der Waals surface area contributed by atoms with Gasteiger partial charge in [-0.05, 0) is 52.2 Å². The molecule has 0 aromatic carbocycles. The van der Waals surface area contributed by atoms with E-state index < -0.39 is 5.54 Å². The number of hydrogen-bond donors (Lipinski definition) is 1. The molecule has 2 atom stereocenters. The second-order valence-corrected chi connectivity index (χ2v) is 6.75. The first-order valence-corrected chi connectivity index (χ1v) is 8.15. The molecule has 0 heterocycles. The molecule has 0 aromatic rings. The molecule has 0 saturated heterocycles. The summed E-state index contributed by atoms with van der Waals surface area (Å²) < 4.78 is 5.27. The number of carbonyl (C=O) groups excluding carboxylic acids is 1. The van der Waals surface area contributed by atoms with Gasteiger partial charge in [0.15, 0.2) is 0 Å². The number of hydrogen-bond acceptors (Lipinski definition) is 4. The van der Waals surface area contributed by atoms with Crippen LogP contribution in [0.4, 0.5) is 0 Å². The Hall–Kier alpha value is -0.220. The van der Waals surface area contributed by atoms with E-state index in [0.29, 0.717) is 17.9 Å². The van der Waals surface area contributed by atoms with Crippen molar-refractivity contribution in [3.63, 3.8) is 0 Å². The molecule has 1 rings (SSSR count). The van der Waals surface area contributed by atoms with Crippen molar-refractivity contribution in [1.29, 1.82) is 0 Å². The van der Waals surface area contributed by atoms with Gasteiger partial charge in [-0.1, -0.05) is 6.92 Å². The molecule has 1 saturated carbocycles. The molecule has 106 valence electrons. The van der Waals surface area contributed by atoms with Gasteiger partial charge in [-0.15, -0.1) is 0 Å². The minimum absolute atomic E-state index is 0.0571. The van der Waals surface area contributed by atoms with Crippen LogP contribution < -0.4 is 5.32 Å². The lowest BCUT2D eigenvalue weighted by molar-refractivity contribution is -0.151. The lowest BCUT2D eigenvalue weighted by Crippen LogP contribution is -2.54. The molecule has 1 fully saturated rings. The predicted molar refractivity (Wildman–Crippen MR) is 78.0 cm³/mol. The second-order valence-electron chi connectivity index (χ2n) is 5.34. The lowest BCUT2D eigenvalue weighted by Gasteiger charge is -2.30. The van der Waals surface area contributed by atoms with Crippen LogP contribution in [0, 0.1) is 0 Å². The van der Waals surface area contributed by atoms with E-state index in [1.165, 1.54) is 12.2 Å². The van der Waals surface area contributed by atoms with Gasteiger partial charge in [0.2, 0.25) is 0 Å². The third-order valence-electron chi connectivity index (χ3n) is 3.26. The summed E-state index contributed by atoms with van der Waals surface area (Å²) in [4.78, 5) is 12.2. The molecule has 0 bridgehead atoms. The van der Waals surface area contributed by atoms with Gasteiger partial charge >= 0.3 is 5.97 Å². The molecule has 2 unspecified atom stereocenters. The van der Waals surface area contributed by atoms with Crippen molar-refractivity contribution in [2.45, 2.75) is 70.2 Å². The maximum atomic E-state index is 12.2. The lowest BCUT2D eigenvalue weighted by atomic mass is 9.96. The zero-order valence-corrected chi connectivity index (χ0v) is 12.9. The van der Waals surface area contributed by atoms with Gasteiger partial charge in [-0.2, -0.15) is 11.8 Å². The Bertz CT molecular complexity index is 271. The molecular formula is C14H27NO2S. The molecule has 0 aromatic heterocycles. The zero-order valence-electron chi connectivity index (χ0n) is 12.1. The van der Waals surface area contributed by atoms with Gasteiger partial charge in [0.05, 0.1) is 6.61 Å². The first-order valence-electron chi connectivity index (χ1n) is 7.10. The third kappa shape index (κ3) is 4.16. The van der Waals surface area contributed by atoms with Gasteiger partial charge in [-0.3, -0.25) is 10.1 Å². The van der Waals surface area contributed by atoms with E-state index in [1.54, 1.807) is 0 Å². The van der Waals surface area contributed by atoms with E-state index in [9.17, 15) is 4.79 Å². The highest BCUT2D eigenvalue weighted by atomic mass is 32.2. The Morgan fingerprint density at radius 1 is 1.50 bits per heavy atom. The van der Waals surface area contributed by atoms with E-state index in [2.05, 4.69) is 26.1 Å². The summed E-state index contributed by atoms with van der Waals surface area (Å²) in [5, 5.41) is 4.06. The molecule has 0 aliphatic heterocycles. The summed E-state index contributed by atoms with van der Waals surface area (Å²) in [5.74, 6) is 1.13. The van der Waals surface area contributed by atoms with Crippen molar-refractivity contribution >= 4 is 17.7 Å². The second kappa shape index (κ2) is 7.39. The number of thioether (sulfide) groups is 1. The number of carbonyl (C=O) groups is 1. The SMILES string of the molecule is CCCSC1CCC(NC(C)C)(C(=O)OCC)C1. The topological polar surface area (TPSA) is 38.3 Å². The fourth-order valence-electron chi connectivity index (χ4n) is 2.62. The molecular weight excluding hydrogens is 246 g/mol. The Balaban J connectivity index is 2.66. The Morgan fingerprint density at radius 2 is 2.22 bits per heavy atom. The average molecular weight is 273 g/mol. The summed E-state index contributed by atoms with van der Waals surface area (Å²) >= 11 is 2.00. The van der Waals surface area contributed by atoms with Crippen molar-refractivity contribution in [3.8, 4) is 0 Å². The molecule has 1 N–H and O–H groups in total. The van der Waals surface area contributed by atoms with E-state index >= 15 is 0 Å². The predicted octanol–water partition coefficient (Wildman–Crippen LogP) is 2.98. The van der Waals surface area contributed by atoms with Crippen LogP contribution in [0.25, 0.3) is 0 Å². The standard InChI is InChI=1S/C14H27NO2S/c1-5-9-18-12-7-8-14(10-12,15-11(3)4)13(16)17-6-2/h11-12,15H,5-10H2,1-4H3. The van der Waals surface area contributed by atoms with Gasteiger partial charge in [0.25, 0.3) is 0 Å². The van der Waals surface area contributed by atoms with Gasteiger partial charge in [-0.25, -0.2) is 0 Å². The quantitative estimate of drug-likeness (QED) is 0.724. The highest BCUT2D eigenvalue weighted by Gasteiger charge is 2.46.